The quantitative estimate of drug-likeness (QED) is 0.292. The summed E-state index contributed by atoms with van der Waals surface area (Å²) in [7, 11) is 0. The van der Waals surface area contributed by atoms with Crippen molar-refractivity contribution < 1.29 is 24.3 Å². The van der Waals surface area contributed by atoms with Gasteiger partial charge in [-0.15, -0.1) is 0 Å². The number of phenols is 1. The van der Waals surface area contributed by atoms with Gasteiger partial charge in [0.2, 0.25) is 23.6 Å². The third-order valence-corrected chi connectivity index (χ3v) is 10.7. The minimum atomic E-state index is -1.21. The zero-order chi connectivity index (χ0) is 30.4. The van der Waals surface area contributed by atoms with Crippen LogP contribution in [-0.2, 0) is 19.2 Å². The van der Waals surface area contributed by atoms with E-state index in [1.165, 1.54) is 9.80 Å². The van der Waals surface area contributed by atoms with Crippen molar-refractivity contribution in [2.75, 3.05) is 9.80 Å². The number of benzene rings is 3. The lowest BCUT2D eigenvalue weighted by Crippen LogP contribution is -2.49. The number of carbonyl (C=O) groups is 4. The summed E-state index contributed by atoms with van der Waals surface area (Å²) in [6.07, 6.45) is 2.56. The minimum Gasteiger partial charge on any atom is -0.507 e. The second-order valence-corrected chi connectivity index (χ2v) is 12.9. The molecule has 6 unspecified atom stereocenters. The third-order valence-electron chi connectivity index (χ3n) is 10.3. The van der Waals surface area contributed by atoms with E-state index in [-0.39, 0.29) is 35.8 Å². The van der Waals surface area contributed by atoms with Crippen LogP contribution in [0.2, 0.25) is 5.02 Å². The Morgan fingerprint density at radius 2 is 1.56 bits per heavy atom. The molecule has 6 atom stereocenters. The number of hydrogen-bond acceptors (Lipinski definition) is 5. The average molecular weight is 595 g/mol. The van der Waals surface area contributed by atoms with E-state index in [1.54, 1.807) is 61.5 Å². The summed E-state index contributed by atoms with van der Waals surface area (Å²) in [5, 5.41) is 11.8. The molecule has 218 valence electrons. The SMILES string of the molecule is Cc1ccc(N2C(=O)C3CC=C4C(CC5C(=O)N(c6ccccc6)C(=O)C5(C)C4c4cccc(C)c4O)C3C2=O)cc1Cl. The summed E-state index contributed by atoms with van der Waals surface area (Å²) in [4.78, 5) is 59.1. The minimum absolute atomic E-state index is 0.0688. The Labute approximate surface area is 254 Å². The molecule has 43 heavy (non-hydrogen) atoms. The van der Waals surface area contributed by atoms with Gasteiger partial charge >= 0.3 is 0 Å². The largest absolute Gasteiger partial charge is 0.507 e. The highest BCUT2D eigenvalue weighted by molar-refractivity contribution is 6.32. The zero-order valence-electron chi connectivity index (χ0n) is 24.1. The first-order valence-electron chi connectivity index (χ1n) is 14.6. The first-order chi connectivity index (χ1) is 20.6. The van der Waals surface area contributed by atoms with Crippen LogP contribution in [0.25, 0.3) is 0 Å². The Morgan fingerprint density at radius 3 is 2.28 bits per heavy atom. The molecular weight excluding hydrogens is 564 g/mol. The molecule has 3 fully saturated rings. The fourth-order valence-electron chi connectivity index (χ4n) is 8.07. The monoisotopic (exact) mass is 594 g/mol. The van der Waals surface area contributed by atoms with Crippen molar-refractivity contribution in [2.24, 2.45) is 29.1 Å². The molecule has 1 saturated carbocycles. The smallest absolute Gasteiger partial charge is 0.241 e. The first-order valence-corrected chi connectivity index (χ1v) is 15.0. The van der Waals surface area contributed by atoms with Gasteiger partial charge in [0, 0.05) is 16.5 Å². The Kier molecular flexibility index (Phi) is 6.19. The van der Waals surface area contributed by atoms with Gasteiger partial charge in [0.25, 0.3) is 0 Å². The molecule has 0 radical (unpaired) electrons. The van der Waals surface area contributed by atoms with E-state index in [9.17, 15) is 24.3 Å². The van der Waals surface area contributed by atoms with Gasteiger partial charge in [0.05, 0.1) is 34.5 Å². The number of anilines is 2. The number of allylic oxidation sites excluding steroid dienone is 2. The molecule has 2 heterocycles. The molecule has 0 aromatic heterocycles. The second-order valence-electron chi connectivity index (χ2n) is 12.5. The van der Waals surface area contributed by atoms with Gasteiger partial charge < -0.3 is 5.11 Å². The molecule has 3 aromatic rings. The average Bonchev–Trinajstić information content (AvgIpc) is 3.36. The lowest BCUT2D eigenvalue weighted by atomic mass is 9.51. The summed E-state index contributed by atoms with van der Waals surface area (Å²) in [6, 6.07) is 19.5. The predicted molar refractivity (Wildman–Crippen MR) is 163 cm³/mol. The van der Waals surface area contributed by atoms with Crippen LogP contribution in [0.1, 0.15) is 42.4 Å². The van der Waals surface area contributed by atoms with Crippen LogP contribution in [0.3, 0.4) is 0 Å². The number of hydrogen-bond donors (Lipinski definition) is 1. The third kappa shape index (κ3) is 3.73. The topological polar surface area (TPSA) is 95.0 Å². The normalized spacial score (nSPS) is 29.9. The van der Waals surface area contributed by atoms with Crippen molar-refractivity contribution in [3.8, 4) is 5.75 Å². The van der Waals surface area contributed by atoms with E-state index in [1.807, 2.05) is 32.1 Å². The van der Waals surface area contributed by atoms with Gasteiger partial charge in [-0.3, -0.25) is 19.2 Å². The van der Waals surface area contributed by atoms with Gasteiger partial charge in [-0.1, -0.05) is 65.7 Å². The van der Waals surface area contributed by atoms with Gasteiger partial charge in [-0.05, 0) is 74.9 Å². The maximum absolute atomic E-state index is 14.4. The summed E-state index contributed by atoms with van der Waals surface area (Å²) >= 11 is 6.38. The number of carbonyl (C=O) groups excluding carboxylic acids is 4. The molecule has 0 spiro atoms. The van der Waals surface area contributed by atoms with Crippen LogP contribution in [0.15, 0.2) is 78.4 Å². The molecule has 7 rings (SSSR count). The van der Waals surface area contributed by atoms with Crippen LogP contribution >= 0.6 is 11.6 Å². The van der Waals surface area contributed by atoms with Crippen LogP contribution in [0.4, 0.5) is 11.4 Å². The molecular formula is C35H31ClN2O5. The maximum atomic E-state index is 14.4. The standard InChI is InChI=1S/C35H31ClN2O5/c1-18-12-13-21(16-27(18)36)37-31(40)23-15-14-22-25(28(23)33(37)42)17-26-32(41)38(20-9-5-4-6-10-20)34(43)35(26,3)29(22)24-11-7-8-19(2)30(24)39/h4-14,16,23,25-26,28-29,39H,15,17H2,1-3H3. The highest BCUT2D eigenvalue weighted by atomic mass is 35.5. The van der Waals surface area contributed by atoms with E-state index in [4.69, 9.17) is 11.6 Å². The van der Waals surface area contributed by atoms with Gasteiger partial charge in [0.1, 0.15) is 5.75 Å². The van der Waals surface area contributed by atoms with Crippen LogP contribution in [-0.4, -0.2) is 28.7 Å². The molecule has 2 aliphatic carbocycles. The number of para-hydroxylation sites is 2. The number of amides is 4. The molecule has 2 aliphatic heterocycles. The van der Waals surface area contributed by atoms with E-state index in [0.717, 1.165) is 11.1 Å². The van der Waals surface area contributed by atoms with Crippen LogP contribution in [0.5, 0.6) is 5.75 Å². The number of halogens is 1. The number of aromatic hydroxyl groups is 1. The van der Waals surface area contributed by atoms with Crippen molar-refractivity contribution in [3.05, 3.63) is 100 Å². The van der Waals surface area contributed by atoms with E-state index in [0.29, 0.717) is 33.9 Å². The number of nitrogens with zero attached hydrogens (tertiary/aromatic N) is 2. The number of rotatable bonds is 3. The van der Waals surface area contributed by atoms with Crippen molar-refractivity contribution in [3.63, 3.8) is 0 Å². The highest BCUT2D eigenvalue weighted by Gasteiger charge is 2.68. The predicted octanol–water partition coefficient (Wildman–Crippen LogP) is 6.10. The van der Waals surface area contributed by atoms with E-state index >= 15 is 0 Å². The summed E-state index contributed by atoms with van der Waals surface area (Å²) in [5.74, 6) is -4.34. The Morgan fingerprint density at radius 1 is 0.814 bits per heavy atom. The Hall–Kier alpha value is -4.23. The van der Waals surface area contributed by atoms with Crippen molar-refractivity contribution in [1.29, 1.82) is 0 Å². The molecule has 7 nitrogen and oxygen atoms in total. The molecule has 0 bridgehead atoms. The van der Waals surface area contributed by atoms with Gasteiger partial charge in [-0.25, -0.2) is 9.80 Å². The lowest BCUT2D eigenvalue weighted by Gasteiger charge is -2.49. The van der Waals surface area contributed by atoms with E-state index in [2.05, 4.69) is 0 Å². The van der Waals surface area contributed by atoms with Crippen molar-refractivity contribution >= 4 is 46.6 Å². The summed E-state index contributed by atoms with van der Waals surface area (Å²) in [6.45, 7) is 5.47. The summed E-state index contributed by atoms with van der Waals surface area (Å²) in [5.41, 5.74) is 2.59. The number of aryl methyl sites for hydroxylation is 2. The molecule has 1 N–H and O–H groups in total. The summed E-state index contributed by atoms with van der Waals surface area (Å²) < 4.78 is 0. The molecule has 4 aliphatic rings. The van der Waals surface area contributed by atoms with Crippen molar-refractivity contribution in [1.82, 2.24) is 0 Å². The highest BCUT2D eigenvalue weighted by Crippen LogP contribution is 2.64. The molecule has 8 heteroatoms. The fraction of sp³-hybridized carbons (Fsp3) is 0.314. The maximum Gasteiger partial charge on any atom is 0.241 e. The second kappa shape index (κ2) is 9.64. The van der Waals surface area contributed by atoms with E-state index < -0.39 is 35.0 Å². The first kappa shape index (κ1) is 27.6. The zero-order valence-corrected chi connectivity index (χ0v) is 24.8. The fourth-order valence-corrected chi connectivity index (χ4v) is 8.25. The van der Waals surface area contributed by atoms with Crippen LogP contribution < -0.4 is 9.80 Å². The number of fused-ring (bicyclic) bond motifs is 4. The number of phenolic OH excluding ortho intramolecular Hbond substituents is 1. The van der Waals surface area contributed by atoms with Crippen LogP contribution in [0, 0.1) is 42.9 Å². The Balaban J connectivity index is 1.38. The van der Waals surface area contributed by atoms with Gasteiger partial charge in [-0.2, -0.15) is 0 Å². The molecule has 3 aromatic carbocycles. The number of imide groups is 2. The van der Waals surface area contributed by atoms with Crippen molar-refractivity contribution in [2.45, 2.75) is 39.5 Å². The van der Waals surface area contributed by atoms with Gasteiger partial charge in [0.15, 0.2) is 0 Å². The Bertz CT molecular complexity index is 1770. The lowest BCUT2D eigenvalue weighted by molar-refractivity contribution is -0.131. The molecule has 2 saturated heterocycles. The molecule has 4 amide bonds.